The summed E-state index contributed by atoms with van der Waals surface area (Å²) >= 11 is 0. The van der Waals surface area contributed by atoms with Gasteiger partial charge < -0.3 is 10.4 Å². The van der Waals surface area contributed by atoms with Crippen molar-refractivity contribution >= 4 is 11.9 Å². The lowest BCUT2D eigenvalue weighted by Crippen LogP contribution is -2.50. The van der Waals surface area contributed by atoms with Gasteiger partial charge in [0.05, 0.1) is 11.8 Å². The molecule has 1 amide bonds. The highest BCUT2D eigenvalue weighted by Crippen LogP contribution is 2.40. The molecule has 0 aromatic carbocycles. The summed E-state index contributed by atoms with van der Waals surface area (Å²) in [4.78, 5) is 22.7. The molecule has 2 N–H and O–H groups in total. The summed E-state index contributed by atoms with van der Waals surface area (Å²) in [5.41, 5.74) is -1.19. The highest BCUT2D eigenvalue weighted by atomic mass is 19.4. The van der Waals surface area contributed by atoms with Crippen molar-refractivity contribution in [2.45, 2.75) is 51.7 Å². The first-order valence-electron chi connectivity index (χ1n) is 6.13. The molecule has 0 radical (unpaired) electrons. The van der Waals surface area contributed by atoms with Crippen molar-refractivity contribution in [3.63, 3.8) is 0 Å². The number of alkyl halides is 3. The van der Waals surface area contributed by atoms with Gasteiger partial charge in [-0.15, -0.1) is 0 Å². The molecular weight excluding hydrogens is 263 g/mol. The number of carbonyl (C=O) groups is 2. The van der Waals surface area contributed by atoms with Crippen molar-refractivity contribution in [3.8, 4) is 0 Å². The summed E-state index contributed by atoms with van der Waals surface area (Å²) in [7, 11) is 0. The SMILES string of the molecule is CC(C)(C(=O)O)C(NC(=O)CCC(F)(F)F)C1CC1. The van der Waals surface area contributed by atoms with Crippen LogP contribution in [-0.2, 0) is 9.59 Å². The Kier molecular flexibility index (Phi) is 4.47. The molecule has 0 saturated heterocycles. The second-order valence-electron chi connectivity index (χ2n) is 5.52. The maximum Gasteiger partial charge on any atom is 0.389 e. The second kappa shape index (κ2) is 5.38. The zero-order valence-electron chi connectivity index (χ0n) is 10.9. The van der Waals surface area contributed by atoms with Gasteiger partial charge in [0.25, 0.3) is 0 Å². The van der Waals surface area contributed by atoms with Crippen LogP contribution >= 0.6 is 0 Å². The van der Waals surface area contributed by atoms with Crippen LogP contribution in [0.25, 0.3) is 0 Å². The van der Waals surface area contributed by atoms with E-state index in [1.165, 1.54) is 13.8 Å². The molecule has 1 aliphatic rings. The van der Waals surface area contributed by atoms with Crippen LogP contribution in [0.5, 0.6) is 0 Å². The van der Waals surface area contributed by atoms with Gasteiger partial charge in [0.2, 0.25) is 5.91 Å². The number of amides is 1. The van der Waals surface area contributed by atoms with E-state index in [1.54, 1.807) is 0 Å². The van der Waals surface area contributed by atoms with E-state index >= 15 is 0 Å². The van der Waals surface area contributed by atoms with Gasteiger partial charge in [-0.25, -0.2) is 0 Å². The lowest BCUT2D eigenvalue weighted by molar-refractivity contribution is -0.151. The predicted molar refractivity (Wildman–Crippen MR) is 61.4 cm³/mol. The van der Waals surface area contributed by atoms with E-state index in [1.807, 2.05) is 0 Å². The Morgan fingerprint density at radius 3 is 2.21 bits per heavy atom. The van der Waals surface area contributed by atoms with E-state index in [4.69, 9.17) is 5.11 Å². The van der Waals surface area contributed by atoms with Gasteiger partial charge in [0.15, 0.2) is 0 Å². The Labute approximate surface area is 109 Å². The molecule has 1 unspecified atom stereocenters. The van der Waals surface area contributed by atoms with Crippen LogP contribution in [0.3, 0.4) is 0 Å². The van der Waals surface area contributed by atoms with Crippen LogP contribution in [0.15, 0.2) is 0 Å². The number of hydrogen-bond donors (Lipinski definition) is 2. The summed E-state index contributed by atoms with van der Waals surface area (Å²) in [5, 5.41) is 11.6. The van der Waals surface area contributed by atoms with E-state index in [2.05, 4.69) is 5.32 Å². The molecule has 19 heavy (non-hydrogen) atoms. The molecule has 110 valence electrons. The Hall–Kier alpha value is -1.27. The molecule has 4 nitrogen and oxygen atoms in total. The largest absolute Gasteiger partial charge is 0.481 e. The lowest BCUT2D eigenvalue weighted by atomic mass is 9.81. The van der Waals surface area contributed by atoms with Crippen molar-refractivity contribution in [2.24, 2.45) is 11.3 Å². The van der Waals surface area contributed by atoms with Crippen LogP contribution in [0.4, 0.5) is 13.2 Å². The number of hydrogen-bond acceptors (Lipinski definition) is 2. The average molecular weight is 281 g/mol. The molecular formula is C12H18F3NO3. The monoisotopic (exact) mass is 281 g/mol. The number of carboxylic acids is 1. The van der Waals surface area contributed by atoms with Gasteiger partial charge in [0.1, 0.15) is 0 Å². The maximum absolute atomic E-state index is 12.0. The lowest BCUT2D eigenvalue weighted by Gasteiger charge is -2.31. The minimum atomic E-state index is -4.38. The van der Waals surface area contributed by atoms with Crippen molar-refractivity contribution in [2.75, 3.05) is 0 Å². The first kappa shape index (κ1) is 15.8. The third kappa shape index (κ3) is 4.72. The molecule has 1 atom stereocenters. The van der Waals surface area contributed by atoms with Crippen LogP contribution in [0.1, 0.15) is 39.5 Å². The van der Waals surface area contributed by atoms with E-state index in [9.17, 15) is 22.8 Å². The van der Waals surface area contributed by atoms with E-state index < -0.39 is 42.4 Å². The van der Waals surface area contributed by atoms with Gasteiger partial charge in [-0.05, 0) is 32.6 Å². The minimum Gasteiger partial charge on any atom is -0.481 e. The van der Waals surface area contributed by atoms with Crippen molar-refractivity contribution in [1.29, 1.82) is 0 Å². The molecule has 1 rings (SSSR count). The third-order valence-corrected chi connectivity index (χ3v) is 3.37. The molecule has 1 aliphatic carbocycles. The summed E-state index contributed by atoms with van der Waals surface area (Å²) < 4.78 is 36.0. The zero-order chi connectivity index (χ0) is 14.8. The number of nitrogens with one attached hydrogen (secondary N) is 1. The predicted octanol–water partition coefficient (Wildman–Crippen LogP) is 2.33. The third-order valence-electron chi connectivity index (χ3n) is 3.37. The van der Waals surface area contributed by atoms with Gasteiger partial charge in [-0.3, -0.25) is 9.59 Å². The average Bonchev–Trinajstić information content (AvgIpc) is 3.05. The van der Waals surface area contributed by atoms with Crippen molar-refractivity contribution < 1.29 is 27.9 Å². The second-order valence-corrected chi connectivity index (χ2v) is 5.52. The quantitative estimate of drug-likeness (QED) is 0.785. The molecule has 0 heterocycles. The van der Waals surface area contributed by atoms with Gasteiger partial charge in [-0.1, -0.05) is 0 Å². The van der Waals surface area contributed by atoms with Gasteiger partial charge in [0, 0.05) is 12.5 Å². The number of halogens is 3. The van der Waals surface area contributed by atoms with Crippen molar-refractivity contribution in [1.82, 2.24) is 5.32 Å². The summed E-state index contributed by atoms with van der Waals surface area (Å²) in [6.45, 7) is 2.95. The highest BCUT2D eigenvalue weighted by molar-refractivity contribution is 5.79. The zero-order valence-corrected chi connectivity index (χ0v) is 10.9. The molecule has 0 aromatic heterocycles. The summed E-state index contributed by atoms with van der Waals surface area (Å²) in [6.07, 6.45) is -4.65. The Morgan fingerprint density at radius 1 is 1.32 bits per heavy atom. The molecule has 0 aliphatic heterocycles. The molecule has 1 fully saturated rings. The smallest absolute Gasteiger partial charge is 0.389 e. The van der Waals surface area contributed by atoms with Crippen LogP contribution in [0, 0.1) is 11.3 Å². The Bertz CT molecular complexity index is 362. The maximum atomic E-state index is 12.0. The standard InChI is InChI=1S/C12H18F3NO3/c1-11(2,10(18)19)9(7-3-4-7)16-8(17)5-6-12(13,14)15/h7,9H,3-6H2,1-2H3,(H,16,17)(H,18,19). The van der Waals surface area contributed by atoms with Crippen molar-refractivity contribution in [3.05, 3.63) is 0 Å². The summed E-state index contributed by atoms with van der Waals surface area (Å²) in [6, 6.07) is -0.620. The van der Waals surface area contributed by atoms with Gasteiger partial charge >= 0.3 is 12.1 Å². The minimum absolute atomic E-state index is 0.0425. The van der Waals surface area contributed by atoms with E-state index in [0.29, 0.717) is 0 Å². The molecule has 1 saturated carbocycles. The normalized spacial score (nSPS) is 17.9. The number of aliphatic carboxylic acids is 1. The Morgan fingerprint density at radius 2 is 1.84 bits per heavy atom. The van der Waals surface area contributed by atoms with Crippen LogP contribution in [-0.4, -0.2) is 29.2 Å². The Balaban J connectivity index is 2.60. The fourth-order valence-corrected chi connectivity index (χ4v) is 1.95. The highest BCUT2D eigenvalue weighted by Gasteiger charge is 2.46. The first-order valence-corrected chi connectivity index (χ1v) is 6.13. The number of carbonyl (C=O) groups excluding carboxylic acids is 1. The number of rotatable bonds is 6. The molecule has 0 bridgehead atoms. The molecule has 7 heteroatoms. The van der Waals surface area contributed by atoms with E-state index in [0.717, 1.165) is 12.8 Å². The first-order chi connectivity index (χ1) is 8.54. The molecule has 0 aromatic rings. The van der Waals surface area contributed by atoms with Gasteiger partial charge in [-0.2, -0.15) is 13.2 Å². The summed E-state index contributed by atoms with van der Waals surface area (Å²) in [5.74, 6) is -1.77. The fourth-order valence-electron chi connectivity index (χ4n) is 1.95. The topological polar surface area (TPSA) is 66.4 Å². The van der Waals surface area contributed by atoms with E-state index in [-0.39, 0.29) is 5.92 Å². The van der Waals surface area contributed by atoms with Crippen LogP contribution < -0.4 is 5.32 Å². The fraction of sp³-hybridized carbons (Fsp3) is 0.833. The number of carboxylic acid groups (broad SMARTS) is 1. The molecule has 0 spiro atoms. The van der Waals surface area contributed by atoms with Crippen LogP contribution in [0.2, 0.25) is 0 Å².